The average molecular weight is 409 g/mol. The van der Waals surface area contributed by atoms with Gasteiger partial charge in [0.2, 0.25) is 5.91 Å². The van der Waals surface area contributed by atoms with Crippen LogP contribution in [0.4, 0.5) is 11.4 Å². The van der Waals surface area contributed by atoms with Crippen molar-refractivity contribution in [3.63, 3.8) is 0 Å². The van der Waals surface area contributed by atoms with Crippen LogP contribution in [0.3, 0.4) is 0 Å². The molecule has 0 bridgehead atoms. The summed E-state index contributed by atoms with van der Waals surface area (Å²) in [6.07, 6.45) is 2.29. The number of amides is 2. The van der Waals surface area contributed by atoms with Crippen LogP contribution in [0.2, 0.25) is 0 Å². The molecule has 0 atom stereocenters. The zero-order valence-electron chi connectivity index (χ0n) is 17.5. The summed E-state index contributed by atoms with van der Waals surface area (Å²) >= 11 is 0. The fourth-order valence-electron chi connectivity index (χ4n) is 4.51. The van der Waals surface area contributed by atoms with Crippen LogP contribution < -0.4 is 10.2 Å². The van der Waals surface area contributed by atoms with Crippen LogP contribution in [-0.4, -0.2) is 18.4 Å². The number of unbranched alkanes of at least 4 members (excludes halogenated alkanes) is 1. The molecule has 154 valence electrons. The third-order valence-electron chi connectivity index (χ3n) is 6.03. The molecule has 0 spiro atoms. The number of fused-ring (bicyclic) bond motifs is 1. The van der Waals surface area contributed by atoms with Gasteiger partial charge in [0.15, 0.2) is 0 Å². The largest absolute Gasteiger partial charge is 0.325 e. The molecular weight excluding hydrogens is 384 g/mol. The molecule has 5 rings (SSSR count). The highest BCUT2D eigenvalue weighted by atomic mass is 16.2. The van der Waals surface area contributed by atoms with Crippen LogP contribution in [0, 0.1) is 0 Å². The Morgan fingerprint density at radius 2 is 1.68 bits per heavy atom. The van der Waals surface area contributed by atoms with E-state index in [1.807, 2.05) is 65.6 Å². The first-order chi connectivity index (χ1) is 15.2. The van der Waals surface area contributed by atoms with Gasteiger partial charge < -0.3 is 10.2 Å². The number of carbonyl (C=O) groups is 2. The molecule has 4 aromatic carbocycles. The Morgan fingerprint density at radius 3 is 2.55 bits per heavy atom. The molecule has 4 heteroatoms. The molecule has 0 unspecified atom stereocenters. The Hall–Kier alpha value is -3.66. The van der Waals surface area contributed by atoms with Crippen LogP contribution in [0.15, 0.2) is 72.8 Å². The molecule has 31 heavy (non-hydrogen) atoms. The number of benzene rings is 4. The molecule has 4 aromatic rings. The van der Waals surface area contributed by atoms with E-state index in [4.69, 9.17) is 0 Å². The molecule has 0 saturated carbocycles. The smallest absolute Gasteiger partial charge is 0.258 e. The van der Waals surface area contributed by atoms with E-state index in [0.717, 1.165) is 51.3 Å². The molecule has 1 N–H and O–H groups in total. The van der Waals surface area contributed by atoms with Gasteiger partial charge in [0.25, 0.3) is 5.91 Å². The monoisotopic (exact) mass is 408 g/mol. The number of hydrogen-bond acceptors (Lipinski definition) is 2. The minimum Gasteiger partial charge on any atom is -0.325 e. The van der Waals surface area contributed by atoms with E-state index in [-0.39, 0.29) is 11.8 Å². The quantitative estimate of drug-likeness (QED) is 0.430. The standard InChI is InChI=1S/C27H24N2O2/c1-2-3-16-29-24-15-14-23(21-12-7-13-22(26(21)24)27(29)31)28-25(30)17-19-10-6-9-18-8-4-5-11-20(18)19/h4-15H,2-3,16-17H2,1H3,(H,28,30). The fourth-order valence-corrected chi connectivity index (χ4v) is 4.51. The predicted octanol–water partition coefficient (Wildman–Crippen LogP) is 5.93. The third-order valence-corrected chi connectivity index (χ3v) is 6.03. The number of nitrogens with zero attached hydrogens (tertiary/aromatic N) is 1. The molecule has 0 aliphatic carbocycles. The van der Waals surface area contributed by atoms with Crippen molar-refractivity contribution in [1.82, 2.24) is 0 Å². The predicted molar refractivity (Wildman–Crippen MR) is 127 cm³/mol. The summed E-state index contributed by atoms with van der Waals surface area (Å²) in [5.41, 5.74) is 3.41. The van der Waals surface area contributed by atoms with Crippen LogP contribution in [0.5, 0.6) is 0 Å². The van der Waals surface area contributed by atoms with Crippen molar-refractivity contribution in [1.29, 1.82) is 0 Å². The second kappa shape index (κ2) is 7.88. The zero-order valence-corrected chi connectivity index (χ0v) is 17.5. The minimum absolute atomic E-state index is 0.0493. The van der Waals surface area contributed by atoms with Gasteiger partial charge in [0.1, 0.15) is 0 Å². The van der Waals surface area contributed by atoms with Crippen molar-refractivity contribution in [3.05, 3.63) is 83.9 Å². The lowest BCUT2D eigenvalue weighted by Gasteiger charge is -2.18. The van der Waals surface area contributed by atoms with Gasteiger partial charge in [-0.05, 0) is 41.0 Å². The SMILES string of the molecule is CCCCN1C(=O)c2cccc3c(NC(=O)Cc4cccc5ccccc45)ccc1c23. The Balaban J connectivity index is 1.46. The third kappa shape index (κ3) is 3.34. The van der Waals surface area contributed by atoms with Gasteiger partial charge in [-0.15, -0.1) is 0 Å². The van der Waals surface area contributed by atoms with Gasteiger partial charge in [-0.2, -0.15) is 0 Å². The van der Waals surface area contributed by atoms with E-state index in [0.29, 0.717) is 18.5 Å². The molecule has 1 aliphatic rings. The molecule has 0 fully saturated rings. The highest BCUT2D eigenvalue weighted by Gasteiger charge is 2.30. The van der Waals surface area contributed by atoms with E-state index in [2.05, 4.69) is 24.4 Å². The van der Waals surface area contributed by atoms with Crippen molar-refractivity contribution in [3.8, 4) is 0 Å². The van der Waals surface area contributed by atoms with Crippen molar-refractivity contribution >= 4 is 44.7 Å². The van der Waals surface area contributed by atoms with Gasteiger partial charge in [-0.1, -0.05) is 67.9 Å². The molecule has 1 heterocycles. The van der Waals surface area contributed by atoms with E-state index in [1.54, 1.807) is 0 Å². The highest BCUT2D eigenvalue weighted by Crippen LogP contribution is 2.40. The normalized spacial score (nSPS) is 12.7. The lowest BCUT2D eigenvalue weighted by molar-refractivity contribution is -0.115. The fraction of sp³-hybridized carbons (Fsp3) is 0.185. The first-order valence-electron chi connectivity index (χ1n) is 10.8. The molecule has 4 nitrogen and oxygen atoms in total. The lowest BCUT2D eigenvalue weighted by atomic mass is 10.0. The summed E-state index contributed by atoms with van der Waals surface area (Å²) in [7, 11) is 0. The van der Waals surface area contributed by atoms with Crippen molar-refractivity contribution in [2.24, 2.45) is 0 Å². The molecule has 2 amide bonds. The average Bonchev–Trinajstić information content (AvgIpc) is 3.07. The second-order valence-corrected chi connectivity index (χ2v) is 8.03. The maximum absolute atomic E-state index is 12.9. The molecular formula is C27H24N2O2. The maximum Gasteiger partial charge on any atom is 0.258 e. The Labute approximate surface area is 181 Å². The second-order valence-electron chi connectivity index (χ2n) is 8.03. The molecule has 0 saturated heterocycles. The first-order valence-corrected chi connectivity index (χ1v) is 10.8. The number of anilines is 2. The Bertz CT molecular complexity index is 1320. The highest BCUT2D eigenvalue weighted by molar-refractivity contribution is 6.27. The van der Waals surface area contributed by atoms with Gasteiger partial charge in [0, 0.05) is 28.6 Å². The van der Waals surface area contributed by atoms with E-state index < -0.39 is 0 Å². The number of carbonyl (C=O) groups excluding carboxylic acids is 2. The summed E-state index contributed by atoms with van der Waals surface area (Å²) in [5.74, 6) is -0.0162. The summed E-state index contributed by atoms with van der Waals surface area (Å²) in [6.45, 7) is 2.84. The van der Waals surface area contributed by atoms with Crippen molar-refractivity contribution < 1.29 is 9.59 Å². The van der Waals surface area contributed by atoms with Crippen LogP contribution in [0.25, 0.3) is 21.5 Å². The summed E-state index contributed by atoms with van der Waals surface area (Å²) < 4.78 is 0. The van der Waals surface area contributed by atoms with Gasteiger partial charge in [-0.25, -0.2) is 0 Å². The minimum atomic E-state index is -0.0655. The summed E-state index contributed by atoms with van der Waals surface area (Å²) in [4.78, 5) is 27.7. The van der Waals surface area contributed by atoms with Gasteiger partial charge >= 0.3 is 0 Å². The number of nitrogens with one attached hydrogen (secondary N) is 1. The number of hydrogen-bond donors (Lipinski definition) is 1. The Morgan fingerprint density at radius 1 is 0.903 bits per heavy atom. The topological polar surface area (TPSA) is 49.4 Å². The van der Waals surface area contributed by atoms with Crippen LogP contribution in [0.1, 0.15) is 35.7 Å². The zero-order chi connectivity index (χ0) is 21.4. The van der Waals surface area contributed by atoms with Crippen molar-refractivity contribution in [2.45, 2.75) is 26.2 Å². The van der Waals surface area contributed by atoms with Gasteiger partial charge in [-0.3, -0.25) is 9.59 Å². The molecule has 0 aromatic heterocycles. The summed E-state index contributed by atoms with van der Waals surface area (Å²) in [6, 6.07) is 23.8. The van der Waals surface area contributed by atoms with E-state index in [9.17, 15) is 9.59 Å². The van der Waals surface area contributed by atoms with Gasteiger partial charge in [0.05, 0.1) is 12.1 Å². The first kappa shape index (κ1) is 19.3. The summed E-state index contributed by atoms with van der Waals surface area (Å²) in [5, 5.41) is 7.16. The van der Waals surface area contributed by atoms with E-state index in [1.165, 1.54) is 0 Å². The van der Waals surface area contributed by atoms with Crippen molar-refractivity contribution in [2.75, 3.05) is 16.8 Å². The lowest BCUT2D eigenvalue weighted by Crippen LogP contribution is -2.27. The van der Waals surface area contributed by atoms with Crippen LogP contribution in [-0.2, 0) is 11.2 Å². The maximum atomic E-state index is 12.9. The Kier molecular flexibility index (Phi) is 4.91. The molecule has 0 radical (unpaired) electrons. The molecule has 1 aliphatic heterocycles. The van der Waals surface area contributed by atoms with Crippen LogP contribution >= 0.6 is 0 Å². The number of rotatable bonds is 6. The van der Waals surface area contributed by atoms with E-state index >= 15 is 0 Å².